The summed E-state index contributed by atoms with van der Waals surface area (Å²) >= 11 is 7.54. The van der Waals surface area contributed by atoms with Crippen LogP contribution in [0.5, 0.6) is 0 Å². The van der Waals surface area contributed by atoms with Gasteiger partial charge in [0.15, 0.2) is 5.96 Å². The summed E-state index contributed by atoms with van der Waals surface area (Å²) in [6.07, 6.45) is 1.72. The fraction of sp³-hybridized carbons (Fsp3) is 0.368. The van der Waals surface area contributed by atoms with Gasteiger partial charge >= 0.3 is 0 Å². The summed E-state index contributed by atoms with van der Waals surface area (Å²) in [5.74, 6) is 0.791. The largest absolute Gasteiger partial charge is 0.356 e. The number of benzene rings is 1. The first-order valence-corrected chi connectivity index (χ1v) is 9.68. The number of halogens is 2. The Morgan fingerprint density at radius 2 is 1.85 bits per heavy atom. The van der Waals surface area contributed by atoms with Crippen LogP contribution in [0.25, 0.3) is 0 Å². The van der Waals surface area contributed by atoms with Crippen molar-refractivity contribution in [2.75, 3.05) is 34.2 Å². The summed E-state index contributed by atoms with van der Waals surface area (Å²) in [7, 11) is 5.28. The Hall–Kier alpha value is -1.32. The number of amides is 1. The van der Waals surface area contributed by atoms with Crippen molar-refractivity contribution < 1.29 is 4.79 Å². The highest BCUT2D eigenvalue weighted by Crippen LogP contribution is 2.21. The maximum Gasteiger partial charge on any atom is 0.253 e. The van der Waals surface area contributed by atoms with Crippen LogP contribution in [-0.4, -0.2) is 51.0 Å². The smallest absolute Gasteiger partial charge is 0.253 e. The quantitative estimate of drug-likeness (QED) is 0.333. The second-order valence-electron chi connectivity index (χ2n) is 6.03. The molecule has 0 aliphatic rings. The number of hydrogen-bond acceptors (Lipinski definition) is 3. The average molecular weight is 521 g/mol. The number of guanidine groups is 1. The molecule has 1 amide bonds. The fourth-order valence-electron chi connectivity index (χ4n) is 2.45. The van der Waals surface area contributed by atoms with Crippen molar-refractivity contribution in [2.24, 2.45) is 4.99 Å². The molecule has 0 atom stereocenters. The molecule has 8 heteroatoms. The van der Waals surface area contributed by atoms with Crippen LogP contribution in [0.4, 0.5) is 0 Å². The minimum atomic E-state index is 0. The van der Waals surface area contributed by atoms with Gasteiger partial charge in [0, 0.05) is 44.7 Å². The summed E-state index contributed by atoms with van der Waals surface area (Å²) < 4.78 is 0.817. The predicted octanol–water partition coefficient (Wildman–Crippen LogP) is 3.67. The third-order valence-electron chi connectivity index (χ3n) is 3.80. The first-order valence-electron chi connectivity index (χ1n) is 8.49. The molecule has 0 unspecified atom stereocenters. The van der Waals surface area contributed by atoms with E-state index in [0.717, 1.165) is 41.8 Å². The van der Waals surface area contributed by atoms with Gasteiger partial charge in [-0.1, -0.05) is 23.7 Å². The molecule has 2 aromatic rings. The third kappa shape index (κ3) is 8.06. The van der Waals surface area contributed by atoms with Crippen molar-refractivity contribution in [3.05, 3.63) is 56.7 Å². The molecule has 0 saturated heterocycles. The average Bonchev–Trinajstić information content (AvgIpc) is 3.05. The maximum absolute atomic E-state index is 12.0. The zero-order valence-corrected chi connectivity index (χ0v) is 19.7. The summed E-state index contributed by atoms with van der Waals surface area (Å²) in [5.41, 5.74) is 1.83. The second-order valence-corrected chi connectivity index (χ2v) is 7.83. The van der Waals surface area contributed by atoms with E-state index in [1.165, 1.54) is 4.88 Å². The lowest BCUT2D eigenvalue weighted by Gasteiger charge is -2.13. The summed E-state index contributed by atoms with van der Waals surface area (Å²) in [5, 5.41) is 6.60. The number of thiophene rings is 1. The number of hydrogen-bond donors (Lipinski definition) is 2. The highest BCUT2D eigenvalue weighted by molar-refractivity contribution is 14.0. The lowest BCUT2D eigenvalue weighted by atomic mass is 10.1. The van der Waals surface area contributed by atoms with E-state index in [1.54, 1.807) is 37.4 Å². The molecule has 148 valence electrons. The molecule has 0 aliphatic carbocycles. The Balaban J connectivity index is 0.00000364. The predicted molar refractivity (Wildman–Crippen MR) is 126 cm³/mol. The normalized spacial score (nSPS) is 10.9. The molecular formula is C19H26ClIN4OS. The van der Waals surface area contributed by atoms with Gasteiger partial charge in [-0.2, -0.15) is 0 Å². The first kappa shape index (κ1) is 23.7. The lowest BCUT2D eigenvalue weighted by molar-refractivity contribution is 0.0827. The van der Waals surface area contributed by atoms with Gasteiger partial charge < -0.3 is 15.5 Å². The zero-order chi connectivity index (χ0) is 18.9. The number of aliphatic imine (C=N–C) groups is 1. The van der Waals surface area contributed by atoms with Crippen LogP contribution < -0.4 is 10.6 Å². The van der Waals surface area contributed by atoms with Gasteiger partial charge in [0.1, 0.15) is 0 Å². The standard InChI is InChI=1S/C19H25ClN4OS.HI/c1-21-19(23-12-10-16-7-8-17(20)26-16)22-11-9-14-5-4-6-15(13-14)18(25)24(2)3;/h4-8,13H,9-12H2,1-3H3,(H2,21,22,23);1H. The van der Waals surface area contributed by atoms with Crippen molar-refractivity contribution in [2.45, 2.75) is 12.8 Å². The molecule has 1 aromatic heterocycles. The van der Waals surface area contributed by atoms with E-state index in [0.29, 0.717) is 5.56 Å². The molecular weight excluding hydrogens is 495 g/mol. The zero-order valence-electron chi connectivity index (χ0n) is 15.8. The van der Waals surface area contributed by atoms with Gasteiger partial charge in [-0.3, -0.25) is 9.79 Å². The molecule has 27 heavy (non-hydrogen) atoms. The van der Waals surface area contributed by atoms with Gasteiger partial charge in [-0.05, 0) is 42.7 Å². The molecule has 0 bridgehead atoms. The molecule has 0 radical (unpaired) electrons. The summed E-state index contributed by atoms with van der Waals surface area (Å²) in [6, 6.07) is 11.7. The van der Waals surface area contributed by atoms with Crippen LogP contribution in [0.1, 0.15) is 20.8 Å². The van der Waals surface area contributed by atoms with Gasteiger partial charge in [0.2, 0.25) is 0 Å². The molecule has 0 fully saturated rings. The van der Waals surface area contributed by atoms with Crippen molar-refractivity contribution in [1.82, 2.24) is 15.5 Å². The number of carbonyl (C=O) groups excluding carboxylic acids is 1. The van der Waals surface area contributed by atoms with Crippen LogP contribution in [0.3, 0.4) is 0 Å². The molecule has 5 nitrogen and oxygen atoms in total. The van der Waals surface area contributed by atoms with Crippen LogP contribution in [0.15, 0.2) is 41.4 Å². The van der Waals surface area contributed by atoms with Gasteiger partial charge in [0.05, 0.1) is 4.34 Å². The van der Waals surface area contributed by atoms with Gasteiger partial charge in [-0.25, -0.2) is 0 Å². The highest BCUT2D eigenvalue weighted by atomic mass is 127. The van der Waals surface area contributed by atoms with Gasteiger partial charge in [0.25, 0.3) is 5.91 Å². The van der Waals surface area contributed by atoms with Crippen molar-refractivity contribution >= 4 is 58.8 Å². The molecule has 2 N–H and O–H groups in total. The minimum Gasteiger partial charge on any atom is -0.356 e. The molecule has 0 spiro atoms. The SMILES string of the molecule is CN=C(NCCc1cccc(C(=O)N(C)C)c1)NCCc1ccc(Cl)s1.I. The summed E-state index contributed by atoms with van der Waals surface area (Å²) in [4.78, 5) is 19.1. The fourth-order valence-corrected chi connectivity index (χ4v) is 3.54. The van der Waals surface area contributed by atoms with Gasteiger partial charge in [-0.15, -0.1) is 35.3 Å². The minimum absolute atomic E-state index is 0. The number of carbonyl (C=O) groups is 1. The van der Waals surface area contributed by atoms with E-state index in [2.05, 4.69) is 15.6 Å². The Bertz CT molecular complexity index is 764. The molecule has 1 aromatic carbocycles. The first-order chi connectivity index (χ1) is 12.5. The van der Waals surface area contributed by atoms with E-state index in [9.17, 15) is 4.79 Å². The molecule has 0 saturated carbocycles. The van der Waals surface area contributed by atoms with Crippen LogP contribution in [0.2, 0.25) is 4.34 Å². The topological polar surface area (TPSA) is 56.7 Å². The maximum atomic E-state index is 12.0. The molecule has 1 heterocycles. The summed E-state index contributed by atoms with van der Waals surface area (Å²) in [6.45, 7) is 1.54. The van der Waals surface area contributed by atoms with E-state index < -0.39 is 0 Å². The van der Waals surface area contributed by atoms with Crippen molar-refractivity contribution in [3.8, 4) is 0 Å². The van der Waals surface area contributed by atoms with Crippen LogP contribution in [0, 0.1) is 0 Å². The number of nitrogens with zero attached hydrogens (tertiary/aromatic N) is 2. The molecule has 2 rings (SSSR count). The van der Waals surface area contributed by atoms with Crippen molar-refractivity contribution in [3.63, 3.8) is 0 Å². The number of rotatable bonds is 7. The van der Waals surface area contributed by atoms with Crippen LogP contribution >= 0.6 is 46.9 Å². The van der Waals surface area contributed by atoms with Crippen LogP contribution in [-0.2, 0) is 12.8 Å². The monoisotopic (exact) mass is 520 g/mol. The van der Waals surface area contributed by atoms with Crippen molar-refractivity contribution in [1.29, 1.82) is 0 Å². The highest BCUT2D eigenvalue weighted by Gasteiger charge is 2.08. The Kier molecular flexibility index (Phi) is 10.7. The van der Waals surface area contributed by atoms with E-state index >= 15 is 0 Å². The Morgan fingerprint density at radius 3 is 2.44 bits per heavy atom. The van der Waals surface area contributed by atoms with E-state index in [4.69, 9.17) is 11.6 Å². The Morgan fingerprint density at radius 1 is 1.15 bits per heavy atom. The van der Waals surface area contributed by atoms with E-state index in [1.807, 2.05) is 36.4 Å². The number of nitrogens with one attached hydrogen (secondary N) is 2. The van der Waals surface area contributed by atoms with E-state index in [-0.39, 0.29) is 29.9 Å². The second kappa shape index (κ2) is 12.2. The third-order valence-corrected chi connectivity index (χ3v) is 5.09. The molecule has 0 aliphatic heterocycles. The Labute approximate surface area is 187 Å². The lowest BCUT2D eigenvalue weighted by Crippen LogP contribution is -2.39.